The van der Waals surface area contributed by atoms with E-state index in [2.05, 4.69) is 26.1 Å². The number of aromatic nitrogens is 2. The highest BCUT2D eigenvalue weighted by molar-refractivity contribution is 6.02. The van der Waals surface area contributed by atoms with Gasteiger partial charge >= 0.3 is 0 Å². The Morgan fingerprint density at radius 2 is 1.59 bits per heavy atom. The van der Waals surface area contributed by atoms with E-state index in [1.54, 1.807) is 36.4 Å². The van der Waals surface area contributed by atoms with Crippen LogP contribution in [0.15, 0.2) is 60.7 Å². The summed E-state index contributed by atoms with van der Waals surface area (Å²) in [5.41, 5.74) is 1.87. The number of hydrogen-bond donors (Lipinski definition) is 3. The van der Waals surface area contributed by atoms with Crippen molar-refractivity contribution in [3.8, 4) is 0 Å². The second kappa shape index (κ2) is 8.05. The van der Waals surface area contributed by atoms with Crippen LogP contribution in [-0.2, 0) is 4.79 Å². The smallest absolute Gasteiger partial charge is 0.276 e. The molecule has 3 rings (SSSR count). The van der Waals surface area contributed by atoms with E-state index < -0.39 is 11.7 Å². The molecule has 0 bridgehead atoms. The summed E-state index contributed by atoms with van der Waals surface area (Å²) < 4.78 is 13.2. The summed E-state index contributed by atoms with van der Waals surface area (Å²) >= 11 is 0. The molecule has 2 amide bonds. The maximum absolute atomic E-state index is 13.2. The van der Waals surface area contributed by atoms with Gasteiger partial charge in [0.2, 0.25) is 5.91 Å². The van der Waals surface area contributed by atoms with E-state index in [0.29, 0.717) is 17.2 Å². The van der Waals surface area contributed by atoms with Gasteiger partial charge < -0.3 is 16.0 Å². The Labute approximate surface area is 154 Å². The van der Waals surface area contributed by atoms with E-state index in [9.17, 15) is 14.0 Å². The van der Waals surface area contributed by atoms with Crippen LogP contribution >= 0.6 is 0 Å². The molecule has 3 N–H and O–H groups in total. The Kier molecular flexibility index (Phi) is 5.36. The minimum absolute atomic E-state index is 0.103. The summed E-state index contributed by atoms with van der Waals surface area (Å²) in [6.07, 6.45) is 0. The topological polar surface area (TPSA) is 96.0 Å². The van der Waals surface area contributed by atoms with Crippen LogP contribution in [0.3, 0.4) is 0 Å². The molecular formula is C19H16FN5O2. The third-order valence-electron chi connectivity index (χ3n) is 3.46. The molecule has 8 heteroatoms. The molecule has 3 aromatic rings. The fourth-order valence-electron chi connectivity index (χ4n) is 2.27. The van der Waals surface area contributed by atoms with Gasteiger partial charge in [-0.1, -0.05) is 6.07 Å². The standard InChI is InChI=1S/C19H16FN5O2/c1-12(26)21-14-5-7-15(8-6-14)22-18-10-9-17(24-25-18)19(27)23-16-4-2-3-13(20)11-16/h2-11H,1H3,(H,21,26)(H,22,25)(H,23,27). The molecule has 0 unspecified atom stereocenters. The van der Waals surface area contributed by atoms with Gasteiger partial charge in [-0.3, -0.25) is 9.59 Å². The van der Waals surface area contributed by atoms with Gasteiger partial charge in [-0.25, -0.2) is 4.39 Å². The molecule has 0 fully saturated rings. The second-order valence-electron chi connectivity index (χ2n) is 5.65. The molecule has 1 heterocycles. The van der Waals surface area contributed by atoms with Gasteiger partial charge in [-0.15, -0.1) is 10.2 Å². The van der Waals surface area contributed by atoms with Crippen LogP contribution < -0.4 is 16.0 Å². The highest BCUT2D eigenvalue weighted by Gasteiger charge is 2.09. The molecule has 0 radical (unpaired) electrons. The maximum atomic E-state index is 13.2. The number of benzene rings is 2. The van der Waals surface area contributed by atoms with Gasteiger partial charge in [0.25, 0.3) is 5.91 Å². The molecule has 0 saturated heterocycles. The van der Waals surface area contributed by atoms with Crippen LogP contribution in [-0.4, -0.2) is 22.0 Å². The molecule has 2 aromatic carbocycles. The van der Waals surface area contributed by atoms with Crippen LogP contribution in [0.4, 0.5) is 27.3 Å². The molecule has 0 aliphatic carbocycles. The average Bonchev–Trinajstić information content (AvgIpc) is 2.63. The Balaban J connectivity index is 1.62. The number of amides is 2. The quantitative estimate of drug-likeness (QED) is 0.642. The minimum Gasteiger partial charge on any atom is -0.339 e. The highest BCUT2D eigenvalue weighted by Crippen LogP contribution is 2.17. The van der Waals surface area contributed by atoms with Crippen molar-refractivity contribution in [1.82, 2.24) is 10.2 Å². The molecule has 1 aromatic heterocycles. The molecular weight excluding hydrogens is 349 g/mol. The second-order valence-corrected chi connectivity index (χ2v) is 5.65. The summed E-state index contributed by atoms with van der Waals surface area (Å²) in [6, 6.07) is 15.7. The molecule has 0 atom stereocenters. The fourth-order valence-corrected chi connectivity index (χ4v) is 2.27. The number of nitrogens with zero attached hydrogens (tertiary/aromatic N) is 2. The van der Waals surface area contributed by atoms with Crippen molar-refractivity contribution in [2.75, 3.05) is 16.0 Å². The number of carbonyl (C=O) groups is 2. The lowest BCUT2D eigenvalue weighted by Gasteiger charge is -2.08. The number of nitrogens with one attached hydrogen (secondary N) is 3. The first kappa shape index (κ1) is 18.0. The van der Waals surface area contributed by atoms with Crippen LogP contribution in [0.5, 0.6) is 0 Å². The summed E-state index contributed by atoms with van der Waals surface area (Å²) in [6.45, 7) is 1.44. The van der Waals surface area contributed by atoms with E-state index >= 15 is 0 Å². The molecule has 27 heavy (non-hydrogen) atoms. The minimum atomic E-state index is -0.487. The van der Waals surface area contributed by atoms with E-state index in [4.69, 9.17) is 0 Å². The Morgan fingerprint density at radius 1 is 0.852 bits per heavy atom. The van der Waals surface area contributed by atoms with E-state index in [-0.39, 0.29) is 11.6 Å². The van der Waals surface area contributed by atoms with E-state index in [1.165, 1.54) is 31.2 Å². The van der Waals surface area contributed by atoms with Gasteiger partial charge in [-0.2, -0.15) is 0 Å². The van der Waals surface area contributed by atoms with Gasteiger partial charge in [0.15, 0.2) is 11.5 Å². The molecule has 136 valence electrons. The third kappa shape index (κ3) is 5.08. The molecule has 0 aliphatic rings. The number of rotatable bonds is 5. The monoisotopic (exact) mass is 365 g/mol. The number of hydrogen-bond acceptors (Lipinski definition) is 5. The lowest BCUT2D eigenvalue weighted by atomic mass is 10.2. The summed E-state index contributed by atoms with van der Waals surface area (Å²) in [5, 5.41) is 16.1. The van der Waals surface area contributed by atoms with E-state index in [0.717, 1.165) is 5.69 Å². The fraction of sp³-hybridized carbons (Fsp3) is 0.0526. The van der Waals surface area contributed by atoms with Crippen molar-refractivity contribution in [1.29, 1.82) is 0 Å². The van der Waals surface area contributed by atoms with Gasteiger partial charge in [0.1, 0.15) is 5.82 Å². The SMILES string of the molecule is CC(=O)Nc1ccc(Nc2ccc(C(=O)Nc3cccc(F)c3)nn2)cc1. The highest BCUT2D eigenvalue weighted by atomic mass is 19.1. The van der Waals surface area contributed by atoms with E-state index in [1.807, 2.05) is 0 Å². The van der Waals surface area contributed by atoms with Gasteiger partial charge in [0.05, 0.1) is 0 Å². The van der Waals surface area contributed by atoms with Crippen LogP contribution in [0.25, 0.3) is 0 Å². The summed E-state index contributed by atoms with van der Waals surface area (Å²) in [4.78, 5) is 23.1. The molecule has 0 spiro atoms. The largest absolute Gasteiger partial charge is 0.339 e. The number of halogens is 1. The van der Waals surface area contributed by atoms with Gasteiger partial charge in [-0.05, 0) is 54.6 Å². The zero-order valence-corrected chi connectivity index (χ0v) is 14.4. The normalized spacial score (nSPS) is 10.1. The number of carbonyl (C=O) groups excluding carboxylic acids is 2. The number of anilines is 4. The van der Waals surface area contributed by atoms with Crippen LogP contribution in [0, 0.1) is 5.82 Å². The lowest BCUT2D eigenvalue weighted by molar-refractivity contribution is -0.114. The summed E-state index contributed by atoms with van der Waals surface area (Å²) in [7, 11) is 0. The Hall–Kier alpha value is -3.81. The molecule has 0 aliphatic heterocycles. The Bertz CT molecular complexity index is 959. The molecule has 7 nitrogen and oxygen atoms in total. The van der Waals surface area contributed by atoms with Crippen LogP contribution in [0.2, 0.25) is 0 Å². The third-order valence-corrected chi connectivity index (χ3v) is 3.46. The first-order valence-electron chi connectivity index (χ1n) is 8.05. The summed E-state index contributed by atoms with van der Waals surface area (Å²) in [5.74, 6) is -0.625. The van der Waals surface area contributed by atoms with Crippen molar-refractivity contribution in [3.05, 3.63) is 72.2 Å². The zero-order chi connectivity index (χ0) is 19.2. The van der Waals surface area contributed by atoms with Crippen molar-refractivity contribution in [2.24, 2.45) is 0 Å². The maximum Gasteiger partial charge on any atom is 0.276 e. The van der Waals surface area contributed by atoms with Gasteiger partial charge in [0, 0.05) is 24.0 Å². The van der Waals surface area contributed by atoms with Crippen molar-refractivity contribution < 1.29 is 14.0 Å². The predicted molar refractivity (Wildman–Crippen MR) is 100 cm³/mol. The van der Waals surface area contributed by atoms with Crippen molar-refractivity contribution >= 4 is 34.7 Å². The van der Waals surface area contributed by atoms with Crippen molar-refractivity contribution in [2.45, 2.75) is 6.92 Å². The predicted octanol–water partition coefficient (Wildman–Crippen LogP) is 3.57. The zero-order valence-electron chi connectivity index (χ0n) is 14.4. The molecule has 0 saturated carbocycles. The first-order valence-corrected chi connectivity index (χ1v) is 8.05. The van der Waals surface area contributed by atoms with Crippen LogP contribution in [0.1, 0.15) is 17.4 Å². The van der Waals surface area contributed by atoms with Crippen molar-refractivity contribution in [3.63, 3.8) is 0 Å². The lowest BCUT2D eigenvalue weighted by Crippen LogP contribution is -2.14. The Morgan fingerprint density at radius 3 is 2.22 bits per heavy atom. The first-order chi connectivity index (χ1) is 13.0. The average molecular weight is 365 g/mol.